The van der Waals surface area contributed by atoms with Gasteiger partial charge < -0.3 is 20.5 Å². The number of carbonyl (C=O) groups is 2. The third-order valence-electron chi connectivity index (χ3n) is 6.92. The van der Waals surface area contributed by atoms with Crippen molar-refractivity contribution in [2.75, 3.05) is 11.9 Å². The minimum atomic E-state index is -0.226. The van der Waals surface area contributed by atoms with Gasteiger partial charge in [0.1, 0.15) is 5.69 Å². The Morgan fingerprint density at radius 3 is 2.66 bits per heavy atom. The summed E-state index contributed by atoms with van der Waals surface area (Å²) in [6.45, 7) is 4.96. The molecule has 7 nitrogen and oxygen atoms in total. The van der Waals surface area contributed by atoms with Crippen molar-refractivity contribution < 1.29 is 9.59 Å². The van der Waals surface area contributed by atoms with Crippen LogP contribution in [0.3, 0.4) is 0 Å². The van der Waals surface area contributed by atoms with Gasteiger partial charge in [0.25, 0.3) is 5.91 Å². The predicted octanol–water partition coefficient (Wildman–Crippen LogP) is 4.50. The number of hydrogen-bond acceptors (Lipinski definition) is 4. The Labute approximate surface area is 207 Å². The van der Waals surface area contributed by atoms with E-state index in [1.807, 2.05) is 54.1 Å². The van der Waals surface area contributed by atoms with Crippen molar-refractivity contribution in [3.63, 3.8) is 0 Å². The zero-order valence-corrected chi connectivity index (χ0v) is 21.0. The van der Waals surface area contributed by atoms with Gasteiger partial charge in [0.15, 0.2) is 0 Å². The van der Waals surface area contributed by atoms with Gasteiger partial charge in [0.2, 0.25) is 5.91 Å². The van der Waals surface area contributed by atoms with Gasteiger partial charge in [-0.05, 0) is 49.4 Å². The number of fused-ring (bicyclic) bond motifs is 1. The lowest BCUT2D eigenvalue weighted by molar-refractivity contribution is -0.127. The number of carbonyl (C=O) groups excluding carboxylic acids is 2. The quantitative estimate of drug-likeness (QED) is 0.425. The molecule has 2 amide bonds. The molecule has 1 aromatic carbocycles. The first-order chi connectivity index (χ1) is 16.9. The number of rotatable bonds is 9. The molecule has 1 aliphatic carbocycles. The molecule has 3 N–H and O–H groups in total. The van der Waals surface area contributed by atoms with E-state index in [1.54, 1.807) is 12.4 Å². The highest BCUT2D eigenvalue weighted by molar-refractivity contribution is 5.99. The molecule has 0 bridgehead atoms. The molecule has 186 valence electrons. The molecular weight excluding hydrogens is 438 g/mol. The number of hydrogen-bond donors (Lipinski definition) is 3. The Balaban J connectivity index is 1.42. The summed E-state index contributed by atoms with van der Waals surface area (Å²) in [6, 6.07) is 13.6. The van der Waals surface area contributed by atoms with Crippen LogP contribution in [-0.2, 0) is 11.8 Å². The van der Waals surface area contributed by atoms with Crippen LogP contribution in [-0.4, -0.2) is 40.0 Å². The normalized spacial score (nSPS) is 18.9. The van der Waals surface area contributed by atoms with E-state index in [-0.39, 0.29) is 29.8 Å². The fraction of sp³-hybridized carbons (Fsp3) is 0.464. The van der Waals surface area contributed by atoms with Crippen molar-refractivity contribution in [1.29, 1.82) is 0 Å². The number of pyridine rings is 1. The second-order valence-corrected chi connectivity index (χ2v) is 10.1. The number of amides is 2. The maximum atomic E-state index is 13.4. The molecule has 3 atom stereocenters. The summed E-state index contributed by atoms with van der Waals surface area (Å²) in [5.41, 5.74) is 2.58. The molecule has 2 aromatic heterocycles. The molecule has 2 heterocycles. The largest absolute Gasteiger partial charge is 0.382 e. The first kappa shape index (κ1) is 24.8. The number of nitrogens with zero attached hydrogens (tertiary/aromatic N) is 2. The number of benzene rings is 1. The van der Waals surface area contributed by atoms with Gasteiger partial charge >= 0.3 is 0 Å². The van der Waals surface area contributed by atoms with Crippen LogP contribution < -0.4 is 16.0 Å². The summed E-state index contributed by atoms with van der Waals surface area (Å²) >= 11 is 0. The Hall–Kier alpha value is -3.35. The zero-order valence-electron chi connectivity index (χ0n) is 21.0. The second-order valence-electron chi connectivity index (χ2n) is 10.1. The predicted molar refractivity (Wildman–Crippen MR) is 140 cm³/mol. The maximum Gasteiger partial charge on any atom is 0.268 e. The summed E-state index contributed by atoms with van der Waals surface area (Å²) in [4.78, 5) is 30.8. The molecule has 0 radical (unpaired) electrons. The van der Waals surface area contributed by atoms with Crippen LogP contribution in [0, 0.1) is 11.8 Å². The summed E-state index contributed by atoms with van der Waals surface area (Å²) in [7, 11) is 1.91. The molecule has 1 unspecified atom stereocenters. The van der Waals surface area contributed by atoms with Crippen LogP contribution in [0.1, 0.15) is 56.4 Å². The summed E-state index contributed by atoms with van der Waals surface area (Å²) < 4.78 is 1.92. The molecule has 0 saturated heterocycles. The van der Waals surface area contributed by atoms with Gasteiger partial charge in [0.05, 0.1) is 11.6 Å². The summed E-state index contributed by atoms with van der Waals surface area (Å²) in [5, 5.41) is 10.9. The Morgan fingerprint density at radius 2 is 1.91 bits per heavy atom. The molecule has 3 aromatic rings. The van der Waals surface area contributed by atoms with E-state index < -0.39 is 0 Å². The molecular formula is C28H37N5O2. The topological polar surface area (TPSA) is 88.1 Å². The van der Waals surface area contributed by atoms with Crippen LogP contribution >= 0.6 is 0 Å². The SMILES string of the molecule is CC(C)CC(CNc1cccnc1)NC(=O)[C@@H]1CCCC[C@@H]1NC(=O)c1cc2ccccc2n1C. The fourth-order valence-corrected chi connectivity index (χ4v) is 5.15. The van der Waals surface area contributed by atoms with Crippen LogP contribution in [0.2, 0.25) is 0 Å². The van der Waals surface area contributed by atoms with Crippen molar-refractivity contribution in [1.82, 2.24) is 20.2 Å². The molecule has 35 heavy (non-hydrogen) atoms. The Morgan fingerprint density at radius 1 is 1.11 bits per heavy atom. The van der Waals surface area contributed by atoms with Crippen LogP contribution in [0.4, 0.5) is 5.69 Å². The molecule has 0 aliphatic heterocycles. The average molecular weight is 476 g/mol. The highest BCUT2D eigenvalue weighted by Crippen LogP contribution is 2.26. The number of aromatic nitrogens is 2. The van der Waals surface area contributed by atoms with Crippen LogP contribution in [0.5, 0.6) is 0 Å². The Bertz CT molecular complexity index is 1140. The van der Waals surface area contributed by atoms with Gasteiger partial charge in [-0.25, -0.2) is 0 Å². The summed E-state index contributed by atoms with van der Waals surface area (Å²) in [5.74, 6) is 0.135. The third-order valence-corrected chi connectivity index (χ3v) is 6.92. The monoisotopic (exact) mass is 475 g/mol. The lowest BCUT2D eigenvalue weighted by atomic mass is 9.83. The first-order valence-corrected chi connectivity index (χ1v) is 12.7. The number of anilines is 1. The lowest BCUT2D eigenvalue weighted by Crippen LogP contribution is -2.51. The van der Waals surface area contributed by atoms with Crippen LogP contribution in [0.25, 0.3) is 10.9 Å². The van der Waals surface area contributed by atoms with E-state index in [9.17, 15) is 9.59 Å². The molecule has 1 saturated carbocycles. The van der Waals surface area contributed by atoms with Crippen molar-refractivity contribution in [2.45, 2.75) is 58.0 Å². The second kappa shape index (κ2) is 11.4. The van der Waals surface area contributed by atoms with Crippen molar-refractivity contribution in [2.24, 2.45) is 18.9 Å². The summed E-state index contributed by atoms with van der Waals surface area (Å²) in [6.07, 6.45) is 8.02. The molecule has 1 aliphatic rings. The molecule has 1 fully saturated rings. The lowest BCUT2D eigenvalue weighted by Gasteiger charge is -2.33. The molecule has 0 spiro atoms. The van der Waals surface area contributed by atoms with Gasteiger partial charge in [-0.2, -0.15) is 0 Å². The molecule has 4 rings (SSSR count). The van der Waals surface area contributed by atoms with Crippen molar-refractivity contribution in [3.05, 3.63) is 60.6 Å². The highest BCUT2D eigenvalue weighted by Gasteiger charge is 2.33. The van der Waals surface area contributed by atoms with E-state index in [0.29, 0.717) is 18.2 Å². The van der Waals surface area contributed by atoms with E-state index in [4.69, 9.17) is 0 Å². The van der Waals surface area contributed by atoms with E-state index in [2.05, 4.69) is 34.8 Å². The highest BCUT2D eigenvalue weighted by atomic mass is 16.2. The standard InChI is InChI=1S/C28H37N5O2/c1-19(2)15-22(18-30-21-10-8-14-29-17-21)31-27(34)23-11-5-6-12-24(23)32-28(35)26-16-20-9-4-7-13-25(20)33(26)3/h4,7-10,13-14,16-17,19,22-24,30H,5-6,11-12,15,18H2,1-3H3,(H,31,34)(H,32,35)/t22?,23-,24+/m1/s1. The Kier molecular flexibility index (Phi) is 8.06. The van der Waals surface area contributed by atoms with Crippen molar-refractivity contribution >= 4 is 28.4 Å². The number of para-hydroxylation sites is 1. The van der Waals surface area contributed by atoms with Crippen LogP contribution in [0.15, 0.2) is 54.9 Å². The van der Waals surface area contributed by atoms with Gasteiger partial charge in [-0.15, -0.1) is 0 Å². The van der Waals surface area contributed by atoms with Gasteiger partial charge in [-0.3, -0.25) is 14.6 Å². The number of aryl methyl sites for hydroxylation is 1. The third kappa shape index (κ3) is 6.21. The van der Waals surface area contributed by atoms with Crippen molar-refractivity contribution in [3.8, 4) is 0 Å². The van der Waals surface area contributed by atoms with E-state index in [1.165, 1.54) is 0 Å². The minimum Gasteiger partial charge on any atom is -0.382 e. The first-order valence-electron chi connectivity index (χ1n) is 12.7. The average Bonchev–Trinajstić information content (AvgIpc) is 3.20. The minimum absolute atomic E-state index is 0.000780. The number of nitrogens with one attached hydrogen (secondary N) is 3. The fourth-order valence-electron chi connectivity index (χ4n) is 5.15. The van der Waals surface area contributed by atoms with Gasteiger partial charge in [-0.1, -0.05) is 44.9 Å². The maximum absolute atomic E-state index is 13.4. The van der Waals surface area contributed by atoms with Gasteiger partial charge in [0, 0.05) is 49.0 Å². The molecule has 7 heteroatoms. The zero-order chi connectivity index (χ0) is 24.8. The smallest absolute Gasteiger partial charge is 0.268 e. The van der Waals surface area contributed by atoms with E-state index >= 15 is 0 Å². The van der Waals surface area contributed by atoms with E-state index in [0.717, 1.165) is 48.7 Å².